The van der Waals surface area contributed by atoms with E-state index >= 15 is 0 Å². The number of halogens is 1. The van der Waals surface area contributed by atoms with Gasteiger partial charge in [-0.1, -0.05) is 26.7 Å². The number of rotatable bonds is 8. The maximum absolute atomic E-state index is 14.3. The van der Waals surface area contributed by atoms with Gasteiger partial charge in [-0.2, -0.15) is 0 Å². The summed E-state index contributed by atoms with van der Waals surface area (Å²) in [6.45, 7) is 3.93. The second kappa shape index (κ2) is 9.07. The van der Waals surface area contributed by atoms with Crippen LogP contribution < -0.4 is 4.74 Å². The first-order valence-corrected chi connectivity index (χ1v) is 7.70. The second-order valence-corrected chi connectivity index (χ2v) is 5.18. The van der Waals surface area contributed by atoms with Crippen molar-refractivity contribution in [1.82, 2.24) is 0 Å². The largest absolute Gasteiger partial charge is 0.513 e. The zero-order chi connectivity index (χ0) is 17.4. The fourth-order valence-electron chi connectivity index (χ4n) is 2.32. The number of ether oxygens (including phenoxy) is 2. The molecule has 0 N–H and O–H groups in total. The SMILES string of the molecule is CCCCc1c(F)cc([N+](=O)[O-])c(OC(=O)OC)c1CCCC. The molecular weight excluding hydrogens is 305 g/mol. The number of nitrogens with zero attached hydrogens (tertiary/aromatic N) is 1. The number of nitro groups is 1. The molecule has 1 rings (SSSR count). The van der Waals surface area contributed by atoms with E-state index in [2.05, 4.69) is 4.74 Å². The van der Waals surface area contributed by atoms with Crippen LogP contribution >= 0.6 is 0 Å². The highest BCUT2D eigenvalue weighted by Crippen LogP contribution is 2.37. The molecule has 0 aromatic heterocycles. The van der Waals surface area contributed by atoms with E-state index in [1.807, 2.05) is 13.8 Å². The molecule has 0 amide bonds. The smallest absolute Gasteiger partial charge is 0.437 e. The van der Waals surface area contributed by atoms with Crippen LogP contribution in [0.3, 0.4) is 0 Å². The molecule has 23 heavy (non-hydrogen) atoms. The molecule has 0 aliphatic carbocycles. The van der Waals surface area contributed by atoms with Gasteiger partial charge in [-0.15, -0.1) is 0 Å². The molecule has 0 aliphatic heterocycles. The number of carbonyl (C=O) groups is 1. The maximum atomic E-state index is 14.3. The molecule has 0 aliphatic rings. The van der Waals surface area contributed by atoms with E-state index in [-0.39, 0.29) is 5.75 Å². The Morgan fingerprint density at radius 1 is 1.22 bits per heavy atom. The highest BCUT2D eigenvalue weighted by atomic mass is 19.1. The topological polar surface area (TPSA) is 78.7 Å². The van der Waals surface area contributed by atoms with Crippen LogP contribution in [-0.2, 0) is 17.6 Å². The van der Waals surface area contributed by atoms with Gasteiger partial charge in [-0.3, -0.25) is 10.1 Å². The minimum absolute atomic E-state index is 0.206. The molecule has 0 atom stereocenters. The van der Waals surface area contributed by atoms with Gasteiger partial charge in [0.1, 0.15) is 5.82 Å². The zero-order valence-corrected chi connectivity index (χ0v) is 13.7. The van der Waals surface area contributed by atoms with Crippen molar-refractivity contribution >= 4 is 11.8 Å². The number of benzene rings is 1. The fourth-order valence-corrected chi connectivity index (χ4v) is 2.32. The van der Waals surface area contributed by atoms with E-state index in [0.717, 1.165) is 32.4 Å². The molecule has 0 heterocycles. The van der Waals surface area contributed by atoms with Crippen LogP contribution in [0.4, 0.5) is 14.9 Å². The van der Waals surface area contributed by atoms with Gasteiger partial charge in [0.15, 0.2) is 0 Å². The minimum atomic E-state index is -1.06. The Hall–Kier alpha value is -2.18. The van der Waals surface area contributed by atoms with Crippen LogP contribution in [-0.4, -0.2) is 18.2 Å². The predicted molar refractivity (Wildman–Crippen MR) is 83.3 cm³/mol. The number of hydrogen-bond donors (Lipinski definition) is 0. The number of hydrogen-bond acceptors (Lipinski definition) is 5. The first kappa shape index (κ1) is 18.9. The van der Waals surface area contributed by atoms with E-state index < -0.39 is 22.6 Å². The van der Waals surface area contributed by atoms with Gasteiger partial charge in [0.05, 0.1) is 18.1 Å². The predicted octanol–water partition coefficient (Wildman–Crippen LogP) is 4.56. The van der Waals surface area contributed by atoms with Gasteiger partial charge in [-0.05, 0) is 31.2 Å². The molecule has 7 heteroatoms. The lowest BCUT2D eigenvalue weighted by molar-refractivity contribution is -0.385. The Morgan fingerprint density at radius 2 is 1.78 bits per heavy atom. The summed E-state index contributed by atoms with van der Waals surface area (Å²) in [5.41, 5.74) is 0.210. The van der Waals surface area contributed by atoms with Gasteiger partial charge >= 0.3 is 11.8 Å². The highest BCUT2D eigenvalue weighted by molar-refractivity contribution is 5.68. The molecule has 1 aromatic rings. The van der Waals surface area contributed by atoms with E-state index in [1.165, 1.54) is 0 Å². The van der Waals surface area contributed by atoms with E-state index in [9.17, 15) is 19.3 Å². The molecule has 0 bridgehead atoms. The summed E-state index contributed by atoms with van der Waals surface area (Å²) in [6, 6.07) is 0.818. The molecule has 0 radical (unpaired) electrons. The average Bonchev–Trinajstić information content (AvgIpc) is 2.52. The van der Waals surface area contributed by atoms with Crippen LogP contribution in [0.15, 0.2) is 6.07 Å². The standard InChI is InChI=1S/C16H22FNO5/c1-4-6-8-11-12(9-7-5-2)15(23-16(19)22-3)14(18(20)21)10-13(11)17/h10H,4-9H2,1-3H3. The average molecular weight is 327 g/mol. The zero-order valence-electron chi connectivity index (χ0n) is 13.7. The summed E-state index contributed by atoms with van der Waals surface area (Å²) in [5.74, 6) is -0.837. The van der Waals surface area contributed by atoms with Crippen molar-refractivity contribution in [2.24, 2.45) is 0 Å². The Balaban J connectivity index is 3.48. The first-order valence-electron chi connectivity index (χ1n) is 7.70. The number of carbonyl (C=O) groups excluding carboxylic acids is 1. The number of unbranched alkanes of at least 4 members (excludes halogenated alkanes) is 2. The minimum Gasteiger partial charge on any atom is -0.437 e. The van der Waals surface area contributed by atoms with Gasteiger partial charge < -0.3 is 9.47 Å². The van der Waals surface area contributed by atoms with Crippen LogP contribution in [0.25, 0.3) is 0 Å². The second-order valence-electron chi connectivity index (χ2n) is 5.18. The lowest BCUT2D eigenvalue weighted by Gasteiger charge is -2.15. The van der Waals surface area contributed by atoms with Crippen LogP contribution in [0.5, 0.6) is 5.75 Å². The van der Waals surface area contributed by atoms with Gasteiger partial charge in [0.25, 0.3) is 0 Å². The number of nitro benzene ring substituents is 1. The van der Waals surface area contributed by atoms with Crippen molar-refractivity contribution in [2.45, 2.75) is 52.4 Å². The van der Waals surface area contributed by atoms with Gasteiger partial charge in [0, 0.05) is 5.56 Å². The Labute approximate surface area is 134 Å². The lowest BCUT2D eigenvalue weighted by Crippen LogP contribution is -2.13. The van der Waals surface area contributed by atoms with E-state index in [0.29, 0.717) is 30.4 Å². The van der Waals surface area contributed by atoms with Crippen LogP contribution in [0.1, 0.15) is 50.7 Å². The fraction of sp³-hybridized carbons (Fsp3) is 0.562. The van der Waals surface area contributed by atoms with Crippen molar-refractivity contribution in [2.75, 3.05) is 7.11 Å². The van der Waals surface area contributed by atoms with E-state index in [1.54, 1.807) is 0 Å². The highest BCUT2D eigenvalue weighted by Gasteiger charge is 2.27. The summed E-state index contributed by atoms with van der Waals surface area (Å²) in [6.07, 6.45) is 2.92. The third-order valence-corrected chi connectivity index (χ3v) is 3.53. The lowest BCUT2D eigenvalue weighted by atomic mass is 9.95. The Morgan fingerprint density at radius 3 is 2.26 bits per heavy atom. The molecule has 0 saturated carbocycles. The van der Waals surface area contributed by atoms with Crippen molar-refractivity contribution < 1.29 is 23.6 Å². The third kappa shape index (κ3) is 4.91. The summed E-state index contributed by atoms with van der Waals surface area (Å²) >= 11 is 0. The van der Waals surface area contributed by atoms with Crippen molar-refractivity contribution in [3.63, 3.8) is 0 Å². The van der Waals surface area contributed by atoms with Crippen molar-refractivity contribution in [3.05, 3.63) is 33.1 Å². The van der Waals surface area contributed by atoms with E-state index in [4.69, 9.17) is 4.74 Å². The molecular formula is C16H22FNO5. The first-order chi connectivity index (χ1) is 11.0. The van der Waals surface area contributed by atoms with Gasteiger partial charge in [-0.25, -0.2) is 9.18 Å². The summed E-state index contributed by atoms with van der Waals surface area (Å²) in [7, 11) is 1.11. The molecule has 0 unspecified atom stereocenters. The maximum Gasteiger partial charge on any atom is 0.513 e. The molecule has 128 valence electrons. The van der Waals surface area contributed by atoms with Crippen molar-refractivity contribution in [1.29, 1.82) is 0 Å². The third-order valence-electron chi connectivity index (χ3n) is 3.53. The molecule has 0 saturated heterocycles. The quantitative estimate of drug-likeness (QED) is 0.302. The van der Waals surface area contributed by atoms with Gasteiger partial charge in [0.2, 0.25) is 5.75 Å². The van der Waals surface area contributed by atoms with Crippen LogP contribution in [0, 0.1) is 15.9 Å². The Bertz CT molecular complexity index is 574. The summed E-state index contributed by atoms with van der Waals surface area (Å²) in [4.78, 5) is 21.9. The monoisotopic (exact) mass is 327 g/mol. The molecule has 0 spiro atoms. The van der Waals surface area contributed by atoms with Crippen molar-refractivity contribution in [3.8, 4) is 5.75 Å². The summed E-state index contributed by atoms with van der Waals surface area (Å²) < 4.78 is 23.8. The summed E-state index contributed by atoms with van der Waals surface area (Å²) in [5, 5.41) is 11.2. The molecule has 0 fully saturated rings. The molecule has 1 aromatic carbocycles. The van der Waals surface area contributed by atoms with Crippen LogP contribution in [0.2, 0.25) is 0 Å². The number of methoxy groups -OCH3 is 1. The normalized spacial score (nSPS) is 10.4. The molecule has 6 nitrogen and oxygen atoms in total. The Kier molecular flexibility index (Phi) is 7.44.